The highest BCUT2D eigenvalue weighted by atomic mass is 19.1. The smallest absolute Gasteiger partial charge is 0.126 e. The van der Waals surface area contributed by atoms with Gasteiger partial charge in [-0.25, -0.2) is 4.39 Å². The van der Waals surface area contributed by atoms with Crippen molar-refractivity contribution in [2.45, 2.75) is 39.2 Å². The maximum Gasteiger partial charge on any atom is 0.126 e. The summed E-state index contributed by atoms with van der Waals surface area (Å²) in [6.45, 7) is 5.16. The van der Waals surface area contributed by atoms with Crippen LogP contribution in [0.2, 0.25) is 0 Å². The summed E-state index contributed by atoms with van der Waals surface area (Å²) in [4.78, 5) is 4.54. The lowest BCUT2D eigenvalue weighted by Gasteiger charge is -2.21. The van der Waals surface area contributed by atoms with Crippen molar-refractivity contribution in [1.82, 2.24) is 10.3 Å². The molecule has 2 aromatic rings. The Morgan fingerprint density at radius 2 is 1.86 bits per heavy atom. The van der Waals surface area contributed by atoms with E-state index in [1.54, 1.807) is 6.07 Å². The molecule has 1 atom stereocenters. The minimum atomic E-state index is -0.144. The topological polar surface area (TPSA) is 24.9 Å². The number of aryl methyl sites for hydroxylation is 1. The van der Waals surface area contributed by atoms with Crippen molar-refractivity contribution in [3.63, 3.8) is 0 Å². The van der Waals surface area contributed by atoms with E-state index in [2.05, 4.69) is 30.2 Å². The van der Waals surface area contributed by atoms with E-state index in [1.807, 2.05) is 24.4 Å². The van der Waals surface area contributed by atoms with Gasteiger partial charge in [0.1, 0.15) is 5.82 Å². The molecule has 0 saturated carbocycles. The molecule has 0 aliphatic carbocycles. The molecule has 2 rings (SSSR count). The van der Waals surface area contributed by atoms with Gasteiger partial charge in [-0.3, -0.25) is 4.98 Å². The molecule has 0 bridgehead atoms. The van der Waals surface area contributed by atoms with Gasteiger partial charge in [0.15, 0.2) is 0 Å². The van der Waals surface area contributed by atoms with Crippen LogP contribution >= 0.6 is 0 Å². The molecule has 0 saturated heterocycles. The van der Waals surface area contributed by atoms with E-state index in [0.29, 0.717) is 6.42 Å². The van der Waals surface area contributed by atoms with Crippen molar-refractivity contribution in [2.75, 3.05) is 6.54 Å². The van der Waals surface area contributed by atoms with Crippen LogP contribution in [-0.2, 0) is 12.8 Å². The molecule has 1 aromatic heterocycles. The Labute approximate surface area is 126 Å². The monoisotopic (exact) mass is 286 g/mol. The van der Waals surface area contributed by atoms with Crippen LogP contribution in [0, 0.1) is 5.82 Å². The Morgan fingerprint density at radius 3 is 2.57 bits per heavy atom. The van der Waals surface area contributed by atoms with E-state index < -0.39 is 0 Å². The van der Waals surface area contributed by atoms with Gasteiger partial charge in [0, 0.05) is 6.20 Å². The molecule has 3 heteroatoms. The molecule has 0 aliphatic rings. The van der Waals surface area contributed by atoms with Gasteiger partial charge in [-0.1, -0.05) is 38.1 Å². The highest BCUT2D eigenvalue weighted by Crippen LogP contribution is 2.22. The SMILES string of the molecule is CCCNC(Cc1ccccc1F)c1ncccc1CC. The first-order valence-electron chi connectivity index (χ1n) is 7.66. The van der Waals surface area contributed by atoms with Crippen LogP contribution in [0.3, 0.4) is 0 Å². The van der Waals surface area contributed by atoms with Crippen LogP contribution in [0.5, 0.6) is 0 Å². The third-order valence-electron chi connectivity index (χ3n) is 3.66. The first-order valence-corrected chi connectivity index (χ1v) is 7.66. The summed E-state index contributed by atoms with van der Waals surface area (Å²) >= 11 is 0. The highest BCUT2D eigenvalue weighted by Gasteiger charge is 2.17. The molecule has 0 fully saturated rings. The number of pyridine rings is 1. The van der Waals surface area contributed by atoms with Gasteiger partial charge in [-0.05, 0) is 49.1 Å². The van der Waals surface area contributed by atoms with Gasteiger partial charge in [0.05, 0.1) is 11.7 Å². The van der Waals surface area contributed by atoms with Crippen LogP contribution in [0.1, 0.15) is 43.1 Å². The average Bonchev–Trinajstić information content (AvgIpc) is 2.53. The standard InChI is InChI=1S/C18H23FN2/c1-3-11-20-17(13-15-8-5-6-10-16(15)19)18-14(4-2)9-7-12-21-18/h5-10,12,17,20H,3-4,11,13H2,1-2H3. The first kappa shape index (κ1) is 15.6. The second kappa shape index (κ2) is 7.89. The Morgan fingerprint density at radius 1 is 1.10 bits per heavy atom. The summed E-state index contributed by atoms with van der Waals surface area (Å²) in [6, 6.07) is 11.1. The van der Waals surface area contributed by atoms with Crippen LogP contribution in [0.15, 0.2) is 42.6 Å². The quantitative estimate of drug-likeness (QED) is 0.830. The summed E-state index contributed by atoms with van der Waals surface area (Å²) < 4.78 is 13.9. The molecule has 0 aliphatic heterocycles. The van der Waals surface area contributed by atoms with Crippen molar-refractivity contribution in [2.24, 2.45) is 0 Å². The zero-order valence-electron chi connectivity index (χ0n) is 12.8. The van der Waals surface area contributed by atoms with Crippen molar-refractivity contribution in [3.8, 4) is 0 Å². The van der Waals surface area contributed by atoms with E-state index in [0.717, 1.165) is 30.6 Å². The van der Waals surface area contributed by atoms with Gasteiger partial charge in [-0.15, -0.1) is 0 Å². The van der Waals surface area contributed by atoms with Crippen molar-refractivity contribution in [1.29, 1.82) is 0 Å². The van der Waals surface area contributed by atoms with E-state index in [1.165, 1.54) is 11.6 Å². The van der Waals surface area contributed by atoms with E-state index in [9.17, 15) is 4.39 Å². The number of nitrogens with one attached hydrogen (secondary N) is 1. The summed E-state index contributed by atoms with van der Waals surface area (Å²) in [5, 5.41) is 3.51. The molecule has 2 nitrogen and oxygen atoms in total. The number of aromatic nitrogens is 1. The number of rotatable bonds is 7. The predicted molar refractivity (Wildman–Crippen MR) is 84.8 cm³/mol. The van der Waals surface area contributed by atoms with Gasteiger partial charge in [0.2, 0.25) is 0 Å². The predicted octanol–water partition coefficient (Wildman–Crippen LogP) is 4.07. The molecule has 0 amide bonds. The lowest BCUT2D eigenvalue weighted by molar-refractivity contribution is 0.500. The van der Waals surface area contributed by atoms with Crippen LogP contribution in [0.25, 0.3) is 0 Å². The van der Waals surface area contributed by atoms with E-state index in [-0.39, 0.29) is 11.9 Å². The van der Waals surface area contributed by atoms with Crippen molar-refractivity contribution >= 4 is 0 Å². The lowest BCUT2D eigenvalue weighted by Crippen LogP contribution is -2.26. The molecular weight excluding hydrogens is 263 g/mol. The third kappa shape index (κ3) is 4.11. The average molecular weight is 286 g/mol. The summed E-state index contributed by atoms with van der Waals surface area (Å²) in [7, 11) is 0. The number of halogens is 1. The fourth-order valence-corrected chi connectivity index (χ4v) is 2.53. The van der Waals surface area contributed by atoms with E-state index in [4.69, 9.17) is 0 Å². The number of hydrogen-bond acceptors (Lipinski definition) is 2. The summed E-state index contributed by atoms with van der Waals surface area (Å²) in [6.07, 6.45) is 4.42. The molecule has 21 heavy (non-hydrogen) atoms. The normalized spacial score (nSPS) is 12.3. The fraction of sp³-hybridized carbons (Fsp3) is 0.389. The fourth-order valence-electron chi connectivity index (χ4n) is 2.53. The first-order chi connectivity index (χ1) is 10.3. The zero-order chi connectivity index (χ0) is 15.1. The Kier molecular flexibility index (Phi) is 5.88. The maximum absolute atomic E-state index is 13.9. The van der Waals surface area contributed by atoms with Crippen molar-refractivity contribution in [3.05, 3.63) is 65.2 Å². The van der Waals surface area contributed by atoms with E-state index >= 15 is 0 Å². The zero-order valence-corrected chi connectivity index (χ0v) is 12.8. The molecule has 1 heterocycles. The lowest BCUT2D eigenvalue weighted by atomic mass is 9.98. The molecule has 0 spiro atoms. The minimum Gasteiger partial charge on any atom is -0.308 e. The largest absolute Gasteiger partial charge is 0.308 e. The van der Waals surface area contributed by atoms with Gasteiger partial charge >= 0.3 is 0 Å². The number of benzene rings is 1. The molecule has 112 valence electrons. The molecule has 1 unspecified atom stereocenters. The molecule has 1 aromatic carbocycles. The van der Waals surface area contributed by atoms with Crippen LogP contribution < -0.4 is 5.32 Å². The third-order valence-corrected chi connectivity index (χ3v) is 3.66. The number of hydrogen-bond donors (Lipinski definition) is 1. The molecule has 1 N–H and O–H groups in total. The maximum atomic E-state index is 13.9. The Balaban J connectivity index is 2.28. The summed E-state index contributed by atoms with van der Waals surface area (Å²) in [5.41, 5.74) is 3.00. The molecule has 0 radical (unpaired) electrons. The van der Waals surface area contributed by atoms with Crippen LogP contribution in [0.4, 0.5) is 4.39 Å². The number of nitrogens with zero attached hydrogens (tertiary/aromatic N) is 1. The second-order valence-corrected chi connectivity index (χ2v) is 5.20. The Hall–Kier alpha value is -1.74. The Bertz CT molecular complexity index is 569. The van der Waals surface area contributed by atoms with Gasteiger partial charge in [0.25, 0.3) is 0 Å². The molecular formula is C18H23FN2. The minimum absolute atomic E-state index is 0.0537. The van der Waals surface area contributed by atoms with Gasteiger partial charge < -0.3 is 5.32 Å². The van der Waals surface area contributed by atoms with Gasteiger partial charge in [-0.2, -0.15) is 0 Å². The van der Waals surface area contributed by atoms with Crippen LogP contribution in [-0.4, -0.2) is 11.5 Å². The second-order valence-electron chi connectivity index (χ2n) is 5.20. The summed E-state index contributed by atoms with van der Waals surface area (Å²) in [5.74, 6) is -0.144. The van der Waals surface area contributed by atoms with Crippen molar-refractivity contribution < 1.29 is 4.39 Å². The highest BCUT2D eigenvalue weighted by molar-refractivity contribution is 5.26.